The fourth-order valence-electron chi connectivity index (χ4n) is 1.49. The molecule has 0 fully saturated rings. The van der Waals surface area contributed by atoms with E-state index in [4.69, 9.17) is 4.52 Å². The number of carbonyl (C=O) groups is 1. The van der Waals surface area contributed by atoms with Crippen LogP contribution in [0.3, 0.4) is 0 Å². The van der Waals surface area contributed by atoms with Crippen LogP contribution in [0, 0.1) is 6.92 Å². The molecular formula is C12H12N2O2. The Morgan fingerprint density at radius 2 is 2.19 bits per heavy atom. The van der Waals surface area contributed by atoms with Crippen LogP contribution in [0.25, 0.3) is 0 Å². The highest BCUT2D eigenvalue weighted by Gasteiger charge is 2.07. The summed E-state index contributed by atoms with van der Waals surface area (Å²) in [5.74, 6) is 0.990. The summed E-state index contributed by atoms with van der Waals surface area (Å²) in [7, 11) is 0. The third-order valence-corrected chi connectivity index (χ3v) is 2.38. The van der Waals surface area contributed by atoms with Gasteiger partial charge in [0.1, 0.15) is 6.29 Å². The molecule has 1 aromatic heterocycles. The molecular weight excluding hydrogens is 204 g/mol. The van der Waals surface area contributed by atoms with Crippen molar-refractivity contribution in [1.82, 2.24) is 10.1 Å². The van der Waals surface area contributed by atoms with Gasteiger partial charge in [-0.3, -0.25) is 0 Å². The molecule has 1 aromatic carbocycles. The first-order valence-corrected chi connectivity index (χ1v) is 5.09. The van der Waals surface area contributed by atoms with Crippen molar-refractivity contribution in [3.63, 3.8) is 0 Å². The first kappa shape index (κ1) is 10.5. The van der Waals surface area contributed by atoms with Crippen molar-refractivity contribution in [2.45, 2.75) is 19.8 Å². The Balaban J connectivity index is 2.14. The maximum absolute atomic E-state index is 10.3. The van der Waals surface area contributed by atoms with Crippen molar-refractivity contribution < 1.29 is 9.32 Å². The summed E-state index contributed by atoms with van der Waals surface area (Å²) in [6.07, 6.45) is 1.57. The number of hydrogen-bond donors (Lipinski definition) is 0. The van der Waals surface area contributed by atoms with E-state index >= 15 is 0 Å². The quantitative estimate of drug-likeness (QED) is 0.730. The van der Waals surface area contributed by atoms with Gasteiger partial charge in [-0.05, 0) is 18.1 Å². The van der Waals surface area contributed by atoms with Gasteiger partial charge in [0.2, 0.25) is 5.89 Å². The first-order chi connectivity index (χ1) is 7.79. The number of benzene rings is 1. The number of aldehydes is 1. The molecule has 0 radical (unpaired) electrons. The summed E-state index contributed by atoms with van der Waals surface area (Å²) in [5.41, 5.74) is 2.37. The second kappa shape index (κ2) is 4.70. The highest BCUT2D eigenvalue weighted by Crippen LogP contribution is 2.11. The van der Waals surface area contributed by atoms with E-state index in [2.05, 4.69) is 10.1 Å². The summed E-state index contributed by atoms with van der Waals surface area (Å²) >= 11 is 0. The Morgan fingerprint density at radius 1 is 1.38 bits per heavy atom. The molecule has 2 rings (SSSR count). The standard InChI is InChI=1S/C12H12N2O2/c1-9-4-2-3-5-10(9)8-11-13-12(6-7-15)16-14-11/h2-5,7H,6,8H2,1H3. The van der Waals surface area contributed by atoms with Crippen LogP contribution < -0.4 is 0 Å². The van der Waals surface area contributed by atoms with Gasteiger partial charge in [0, 0.05) is 6.42 Å². The predicted octanol–water partition coefficient (Wildman–Crippen LogP) is 1.71. The van der Waals surface area contributed by atoms with Crippen molar-refractivity contribution in [1.29, 1.82) is 0 Å². The molecule has 0 saturated heterocycles. The SMILES string of the molecule is Cc1ccccc1Cc1noc(CC=O)n1. The number of aryl methyl sites for hydroxylation is 1. The lowest BCUT2D eigenvalue weighted by Crippen LogP contribution is -1.94. The zero-order valence-corrected chi connectivity index (χ0v) is 9.01. The minimum atomic E-state index is 0.181. The summed E-state index contributed by atoms with van der Waals surface area (Å²) in [4.78, 5) is 14.4. The number of nitrogens with zero attached hydrogens (tertiary/aromatic N) is 2. The van der Waals surface area contributed by atoms with E-state index in [0.29, 0.717) is 18.1 Å². The molecule has 4 nitrogen and oxygen atoms in total. The second-order valence-electron chi connectivity index (χ2n) is 3.58. The number of rotatable bonds is 4. The maximum Gasteiger partial charge on any atom is 0.233 e. The Kier molecular flexibility index (Phi) is 3.10. The molecule has 0 N–H and O–H groups in total. The van der Waals surface area contributed by atoms with Gasteiger partial charge in [-0.1, -0.05) is 29.4 Å². The van der Waals surface area contributed by atoms with E-state index in [1.165, 1.54) is 11.1 Å². The molecule has 82 valence electrons. The second-order valence-corrected chi connectivity index (χ2v) is 3.58. The largest absolute Gasteiger partial charge is 0.339 e. The van der Waals surface area contributed by atoms with Crippen LogP contribution in [-0.2, 0) is 17.6 Å². The van der Waals surface area contributed by atoms with Gasteiger partial charge in [-0.15, -0.1) is 0 Å². The summed E-state index contributed by atoms with van der Waals surface area (Å²) in [6, 6.07) is 8.05. The molecule has 4 heteroatoms. The fraction of sp³-hybridized carbons (Fsp3) is 0.250. The average molecular weight is 216 g/mol. The van der Waals surface area contributed by atoms with Crippen LogP contribution in [0.1, 0.15) is 22.8 Å². The number of hydrogen-bond acceptors (Lipinski definition) is 4. The van der Waals surface area contributed by atoms with E-state index in [1.54, 1.807) is 0 Å². The van der Waals surface area contributed by atoms with E-state index < -0.39 is 0 Å². The van der Waals surface area contributed by atoms with Crippen LogP contribution in [0.4, 0.5) is 0 Å². The van der Waals surface area contributed by atoms with Gasteiger partial charge < -0.3 is 9.32 Å². The topological polar surface area (TPSA) is 56.0 Å². The normalized spacial score (nSPS) is 10.3. The van der Waals surface area contributed by atoms with Crippen molar-refractivity contribution in [3.8, 4) is 0 Å². The highest BCUT2D eigenvalue weighted by molar-refractivity contribution is 5.52. The van der Waals surface area contributed by atoms with Gasteiger partial charge in [0.15, 0.2) is 5.82 Å². The molecule has 0 bridgehead atoms. The van der Waals surface area contributed by atoms with Gasteiger partial charge in [-0.25, -0.2) is 0 Å². The third-order valence-electron chi connectivity index (χ3n) is 2.38. The molecule has 1 heterocycles. The van der Waals surface area contributed by atoms with E-state index in [-0.39, 0.29) is 6.42 Å². The molecule has 0 unspecified atom stereocenters. The maximum atomic E-state index is 10.3. The molecule has 0 aliphatic heterocycles. The number of aromatic nitrogens is 2. The zero-order chi connectivity index (χ0) is 11.4. The van der Waals surface area contributed by atoms with Crippen LogP contribution in [0.15, 0.2) is 28.8 Å². The molecule has 0 aliphatic rings. The van der Waals surface area contributed by atoms with Gasteiger partial charge >= 0.3 is 0 Å². The average Bonchev–Trinajstić information content (AvgIpc) is 2.70. The number of carbonyl (C=O) groups excluding carboxylic acids is 1. The van der Waals surface area contributed by atoms with Crippen molar-refractivity contribution in [2.24, 2.45) is 0 Å². The molecule has 0 amide bonds. The lowest BCUT2D eigenvalue weighted by molar-refractivity contribution is -0.107. The van der Waals surface area contributed by atoms with Crippen molar-refractivity contribution in [3.05, 3.63) is 47.1 Å². The van der Waals surface area contributed by atoms with Crippen LogP contribution >= 0.6 is 0 Å². The molecule has 0 spiro atoms. The van der Waals surface area contributed by atoms with Crippen LogP contribution in [0.5, 0.6) is 0 Å². The van der Waals surface area contributed by atoms with Crippen LogP contribution in [0.2, 0.25) is 0 Å². The van der Waals surface area contributed by atoms with Gasteiger partial charge in [0.05, 0.1) is 6.42 Å². The molecule has 0 saturated carbocycles. The van der Waals surface area contributed by atoms with Crippen LogP contribution in [-0.4, -0.2) is 16.4 Å². The van der Waals surface area contributed by atoms with E-state index in [1.807, 2.05) is 31.2 Å². The first-order valence-electron chi connectivity index (χ1n) is 5.09. The summed E-state index contributed by atoms with van der Waals surface area (Å²) in [6.45, 7) is 2.04. The van der Waals surface area contributed by atoms with E-state index in [9.17, 15) is 4.79 Å². The lowest BCUT2D eigenvalue weighted by Gasteiger charge is -2.00. The Labute approximate surface area is 93.3 Å². The molecule has 16 heavy (non-hydrogen) atoms. The lowest BCUT2D eigenvalue weighted by atomic mass is 10.1. The fourth-order valence-corrected chi connectivity index (χ4v) is 1.49. The Hall–Kier alpha value is -1.97. The minimum absolute atomic E-state index is 0.181. The Morgan fingerprint density at radius 3 is 2.94 bits per heavy atom. The Bertz CT molecular complexity index is 491. The smallest absolute Gasteiger partial charge is 0.233 e. The monoisotopic (exact) mass is 216 g/mol. The molecule has 0 aliphatic carbocycles. The summed E-state index contributed by atoms with van der Waals surface area (Å²) < 4.78 is 4.92. The van der Waals surface area contributed by atoms with Gasteiger partial charge in [-0.2, -0.15) is 4.98 Å². The van der Waals surface area contributed by atoms with Crippen molar-refractivity contribution >= 4 is 6.29 Å². The zero-order valence-electron chi connectivity index (χ0n) is 9.01. The van der Waals surface area contributed by atoms with Gasteiger partial charge in [0.25, 0.3) is 0 Å². The minimum Gasteiger partial charge on any atom is -0.339 e. The third kappa shape index (κ3) is 2.34. The summed E-state index contributed by atoms with van der Waals surface area (Å²) in [5, 5.41) is 3.83. The molecule has 0 atom stereocenters. The molecule has 2 aromatic rings. The van der Waals surface area contributed by atoms with Crippen molar-refractivity contribution in [2.75, 3.05) is 0 Å². The van der Waals surface area contributed by atoms with E-state index in [0.717, 1.165) is 6.29 Å². The predicted molar refractivity (Wildman–Crippen MR) is 58.1 cm³/mol. The highest BCUT2D eigenvalue weighted by atomic mass is 16.5.